The van der Waals surface area contributed by atoms with Crippen LogP contribution in [0.4, 0.5) is 0 Å². The molecule has 0 aromatic heterocycles. The maximum atomic E-state index is 6.30. The average Bonchev–Trinajstić information content (AvgIpc) is 2.51. The lowest BCUT2D eigenvalue weighted by molar-refractivity contribution is 0.887. The minimum Gasteiger partial charge on any atom is -0.386 e. The first-order valence-electron chi connectivity index (χ1n) is 6.55. The molecule has 0 spiro atoms. The molecule has 1 atom stereocenters. The lowest BCUT2D eigenvalue weighted by atomic mass is 9.86. The van der Waals surface area contributed by atoms with Crippen LogP contribution in [0.25, 0.3) is 0 Å². The van der Waals surface area contributed by atoms with Gasteiger partial charge in [0.1, 0.15) is 5.84 Å². The number of amidine groups is 1. The summed E-state index contributed by atoms with van der Waals surface area (Å²) in [6.45, 7) is 0. The van der Waals surface area contributed by atoms with Gasteiger partial charge < -0.3 is 5.73 Å². The van der Waals surface area contributed by atoms with Crippen LogP contribution in [-0.4, -0.2) is 11.5 Å². The van der Waals surface area contributed by atoms with Crippen molar-refractivity contribution in [2.24, 2.45) is 15.9 Å². The maximum Gasteiger partial charge on any atom is 0.123 e. The number of benzene rings is 2. The molecule has 106 valence electrons. The Morgan fingerprint density at radius 1 is 1.00 bits per heavy atom. The second-order valence-corrected chi connectivity index (χ2v) is 5.71. The van der Waals surface area contributed by atoms with Gasteiger partial charge >= 0.3 is 0 Å². The van der Waals surface area contributed by atoms with Crippen LogP contribution in [0.15, 0.2) is 58.7 Å². The fourth-order valence-electron chi connectivity index (χ4n) is 2.43. The van der Waals surface area contributed by atoms with Crippen molar-refractivity contribution in [3.05, 3.63) is 69.7 Å². The van der Waals surface area contributed by atoms with E-state index in [0.29, 0.717) is 22.3 Å². The summed E-state index contributed by atoms with van der Waals surface area (Å²) in [5.74, 6) is 0.547. The quantitative estimate of drug-likeness (QED) is 0.884. The minimum absolute atomic E-state index is 0.0275. The van der Waals surface area contributed by atoms with Gasteiger partial charge in [0.25, 0.3) is 0 Å². The molecule has 0 aliphatic carbocycles. The van der Waals surface area contributed by atoms with Gasteiger partial charge in [-0.3, -0.25) is 0 Å². The maximum absolute atomic E-state index is 6.30. The smallest absolute Gasteiger partial charge is 0.123 e. The van der Waals surface area contributed by atoms with Crippen LogP contribution in [0, 0.1) is 0 Å². The van der Waals surface area contributed by atoms with Gasteiger partial charge in [-0.2, -0.15) is 5.10 Å². The molecular formula is C16H13Cl2N3. The van der Waals surface area contributed by atoms with Crippen molar-refractivity contribution in [2.75, 3.05) is 0 Å². The van der Waals surface area contributed by atoms with Crippen molar-refractivity contribution in [1.29, 1.82) is 0 Å². The van der Waals surface area contributed by atoms with E-state index in [9.17, 15) is 0 Å². The first-order chi connectivity index (χ1) is 10.1. The highest BCUT2D eigenvalue weighted by Crippen LogP contribution is 2.32. The summed E-state index contributed by atoms with van der Waals surface area (Å²) in [7, 11) is 0. The molecule has 1 unspecified atom stereocenters. The van der Waals surface area contributed by atoms with Gasteiger partial charge in [0.2, 0.25) is 0 Å². The lowest BCUT2D eigenvalue weighted by Crippen LogP contribution is -2.26. The summed E-state index contributed by atoms with van der Waals surface area (Å²) in [6.07, 6.45) is 0.617. The molecular weight excluding hydrogens is 305 g/mol. The van der Waals surface area contributed by atoms with E-state index >= 15 is 0 Å². The normalized spacial score (nSPS) is 18.1. The van der Waals surface area contributed by atoms with Crippen LogP contribution in [-0.2, 0) is 0 Å². The van der Waals surface area contributed by atoms with Gasteiger partial charge in [-0.05, 0) is 23.8 Å². The Hall–Kier alpha value is -1.84. The molecule has 3 rings (SSSR count). The first-order valence-corrected chi connectivity index (χ1v) is 7.31. The van der Waals surface area contributed by atoms with Gasteiger partial charge in [0.05, 0.1) is 5.71 Å². The Bertz CT molecular complexity index is 724. The molecule has 2 aromatic carbocycles. The molecule has 1 aliphatic heterocycles. The highest BCUT2D eigenvalue weighted by Gasteiger charge is 2.26. The number of hydrogen-bond donors (Lipinski definition) is 1. The Balaban J connectivity index is 2.11. The predicted molar refractivity (Wildman–Crippen MR) is 88.4 cm³/mol. The van der Waals surface area contributed by atoms with E-state index in [1.54, 1.807) is 12.1 Å². The summed E-state index contributed by atoms with van der Waals surface area (Å²) in [6, 6.07) is 15.4. The Kier molecular flexibility index (Phi) is 3.95. The van der Waals surface area contributed by atoms with Gasteiger partial charge in [-0.25, -0.2) is 0 Å². The second kappa shape index (κ2) is 5.88. The zero-order valence-corrected chi connectivity index (χ0v) is 12.6. The number of nitrogens with zero attached hydrogens (tertiary/aromatic N) is 2. The first kappa shape index (κ1) is 14.1. The van der Waals surface area contributed by atoms with Crippen LogP contribution in [0.3, 0.4) is 0 Å². The topological polar surface area (TPSA) is 50.7 Å². The summed E-state index contributed by atoms with van der Waals surface area (Å²) < 4.78 is 0. The molecule has 0 saturated heterocycles. The zero-order chi connectivity index (χ0) is 14.8. The molecule has 21 heavy (non-hydrogen) atoms. The van der Waals surface area contributed by atoms with Gasteiger partial charge in [-0.15, -0.1) is 5.10 Å². The number of halogens is 2. The summed E-state index contributed by atoms with van der Waals surface area (Å²) >= 11 is 12.4. The second-order valence-electron chi connectivity index (χ2n) is 4.87. The largest absolute Gasteiger partial charge is 0.386 e. The Morgan fingerprint density at radius 2 is 1.76 bits per heavy atom. The van der Waals surface area contributed by atoms with E-state index in [1.165, 1.54) is 0 Å². The van der Waals surface area contributed by atoms with Crippen molar-refractivity contribution >= 4 is 34.7 Å². The van der Waals surface area contributed by atoms with E-state index in [1.807, 2.05) is 24.3 Å². The molecule has 3 nitrogen and oxygen atoms in total. The Morgan fingerprint density at radius 3 is 2.52 bits per heavy atom. The van der Waals surface area contributed by atoms with Gasteiger partial charge in [0, 0.05) is 27.9 Å². The molecule has 2 N–H and O–H groups in total. The van der Waals surface area contributed by atoms with E-state index < -0.39 is 0 Å². The van der Waals surface area contributed by atoms with Crippen molar-refractivity contribution < 1.29 is 0 Å². The van der Waals surface area contributed by atoms with E-state index in [2.05, 4.69) is 22.3 Å². The monoisotopic (exact) mass is 317 g/mol. The van der Waals surface area contributed by atoms with Crippen LogP contribution < -0.4 is 5.73 Å². The lowest BCUT2D eigenvalue weighted by Gasteiger charge is -2.22. The van der Waals surface area contributed by atoms with E-state index in [0.717, 1.165) is 16.8 Å². The standard InChI is InChI=1S/C16H13Cl2N3/c17-11-6-7-14(18)13(8-11)16-12(9-15(19)20-21-16)10-4-2-1-3-5-10/h1-8,12H,9H2,(H2,19,20). The summed E-state index contributed by atoms with van der Waals surface area (Å²) in [5.41, 5.74) is 8.58. The fraction of sp³-hybridized carbons (Fsp3) is 0.125. The molecule has 2 aromatic rings. The number of nitrogens with two attached hydrogens (primary N) is 1. The molecule has 0 bridgehead atoms. The molecule has 0 amide bonds. The van der Waals surface area contributed by atoms with Crippen molar-refractivity contribution in [2.45, 2.75) is 12.3 Å². The fourth-order valence-corrected chi connectivity index (χ4v) is 2.82. The highest BCUT2D eigenvalue weighted by atomic mass is 35.5. The number of rotatable bonds is 2. The van der Waals surface area contributed by atoms with Gasteiger partial charge in [0.15, 0.2) is 0 Å². The van der Waals surface area contributed by atoms with Gasteiger partial charge in [-0.1, -0.05) is 53.5 Å². The van der Waals surface area contributed by atoms with E-state index in [-0.39, 0.29) is 5.92 Å². The summed E-state index contributed by atoms with van der Waals surface area (Å²) in [5, 5.41) is 9.52. The SMILES string of the molecule is NC1=NN=C(c2cc(Cl)ccc2Cl)C(c2ccccc2)C1. The van der Waals surface area contributed by atoms with E-state index in [4.69, 9.17) is 28.9 Å². The Labute approximate surface area is 133 Å². The third-order valence-corrected chi connectivity index (χ3v) is 4.00. The average molecular weight is 318 g/mol. The number of hydrogen-bond acceptors (Lipinski definition) is 3. The third kappa shape index (κ3) is 2.94. The van der Waals surface area contributed by atoms with Crippen LogP contribution in [0.2, 0.25) is 10.0 Å². The molecule has 5 heteroatoms. The zero-order valence-electron chi connectivity index (χ0n) is 11.1. The predicted octanol–water partition coefficient (Wildman–Crippen LogP) is 4.24. The molecule has 0 radical (unpaired) electrons. The summed E-state index contributed by atoms with van der Waals surface area (Å²) in [4.78, 5) is 0. The molecule has 0 fully saturated rings. The van der Waals surface area contributed by atoms with Crippen LogP contribution in [0.5, 0.6) is 0 Å². The van der Waals surface area contributed by atoms with Crippen LogP contribution in [0.1, 0.15) is 23.5 Å². The van der Waals surface area contributed by atoms with Crippen molar-refractivity contribution in [3.63, 3.8) is 0 Å². The minimum atomic E-state index is 0.0275. The van der Waals surface area contributed by atoms with Crippen LogP contribution >= 0.6 is 23.2 Å². The van der Waals surface area contributed by atoms with Crippen molar-refractivity contribution in [1.82, 2.24) is 0 Å². The van der Waals surface area contributed by atoms with Crippen molar-refractivity contribution in [3.8, 4) is 0 Å². The molecule has 0 saturated carbocycles. The molecule has 1 heterocycles. The molecule has 1 aliphatic rings. The highest BCUT2D eigenvalue weighted by molar-refractivity contribution is 6.36. The third-order valence-electron chi connectivity index (χ3n) is 3.44.